The van der Waals surface area contributed by atoms with Gasteiger partial charge < -0.3 is 4.74 Å². The normalized spacial score (nSPS) is 14.5. The molecule has 0 fully saturated rings. The van der Waals surface area contributed by atoms with Crippen molar-refractivity contribution < 1.29 is 14.3 Å². The second-order valence-corrected chi connectivity index (χ2v) is 8.56. The van der Waals surface area contributed by atoms with Gasteiger partial charge in [-0.1, -0.05) is 56.8 Å². The molecule has 1 aromatic heterocycles. The zero-order valence-electron chi connectivity index (χ0n) is 15.8. The number of hydrogen-bond donors (Lipinski definition) is 0. The number of rotatable bonds is 4. The van der Waals surface area contributed by atoms with E-state index in [9.17, 15) is 14.4 Å². The Morgan fingerprint density at radius 1 is 1.22 bits per heavy atom. The first kappa shape index (κ1) is 19.4. The van der Waals surface area contributed by atoms with Gasteiger partial charge >= 0.3 is 5.97 Å². The lowest BCUT2D eigenvalue weighted by Crippen LogP contribution is -2.31. The molecule has 142 valence electrons. The fourth-order valence-electron chi connectivity index (χ4n) is 2.80. The quantitative estimate of drug-likeness (QED) is 0.456. The van der Waals surface area contributed by atoms with E-state index in [1.165, 1.54) is 29.4 Å². The molecule has 1 aromatic carbocycles. The third-order valence-electron chi connectivity index (χ3n) is 4.47. The van der Waals surface area contributed by atoms with Gasteiger partial charge in [0.05, 0.1) is 6.20 Å². The number of ketones is 1. The van der Waals surface area contributed by atoms with Crippen LogP contribution in [0.4, 0.5) is 0 Å². The van der Waals surface area contributed by atoms with Gasteiger partial charge in [0.15, 0.2) is 11.3 Å². The summed E-state index contributed by atoms with van der Waals surface area (Å²) in [7, 11) is 0. The smallest absolute Gasteiger partial charge is 0.346 e. The van der Waals surface area contributed by atoms with Gasteiger partial charge in [0.2, 0.25) is 5.78 Å². The summed E-state index contributed by atoms with van der Waals surface area (Å²) in [5, 5.41) is 0.597. The predicted molar refractivity (Wildman–Crippen MR) is 104 cm³/mol. The number of thioether (sulfide) groups is 1. The lowest BCUT2D eigenvalue weighted by molar-refractivity contribution is 0.0315. The Hall–Kier alpha value is -2.41. The van der Waals surface area contributed by atoms with E-state index in [1.54, 1.807) is 12.1 Å². The van der Waals surface area contributed by atoms with Gasteiger partial charge in [-0.25, -0.2) is 9.78 Å². The van der Waals surface area contributed by atoms with Crippen LogP contribution in [0.2, 0.25) is 0 Å². The third kappa shape index (κ3) is 3.98. The molecule has 2 aromatic rings. The van der Waals surface area contributed by atoms with Gasteiger partial charge in [-0.05, 0) is 17.9 Å². The van der Waals surface area contributed by atoms with Crippen molar-refractivity contribution in [3.8, 4) is 0 Å². The number of nitrogens with zero attached hydrogens (tertiary/aromatic N) is 2. The summed E-state index contributed by atoms with van der Waals surface area (Å²) in [6.07, 6.45) is 0.231. The molecule has 0 radical (unpaired) electrons. The highest BCUT2D eigenvalue weighted by Crippen LogP contribution is 2.23. The van der Waals surface area contributed by atoms with Gasteiger partial charge in [-0.2, -0.15) is 0 Å². The topological polar surface area (TPSA) is 78.3 Å². The van der Waals surface area contributed by atoms with E-state index in [2.05, 4.69) is 25.8 Å². The molecule has 7 heteroatoms. The first-order valence-electron chi connectivity index (χ1n) is 8.77. The van der Waals surface area contributed by atoms with E-state index in [4.69, 9.17) is 4.74 Å². The number of Topliss-reactive ketones (excluding diaryl/α,β-unsaturated/α-hetero) is 1. The lowest BCUT2D eigenvalue weighted by atomic mass is 9.86. The van der Waals surface area contributed by atoms with Crippen molar-refractivity contribution in [3.63, 3.8) is 0 Å². The van der Waals surface area contributed by atoms with Crippen LogP contribution in [0.1, 0.15) is 54.0 Å². The molecular weight excluding hydrogens is 364 g/mol. The fraction of sp³-hybridized carbons (Fsp3) is 0.400. The van der Waals surface area contributed by atoms with Crippen LogP contribution in [0, 0.1) is 0 Å². The summed E-state index contributed by atoms with van der Waals surface area (Å²) in [5.41, 5.74) is 0.983. The Bertz CT molecular complexity index is 942. The molecule has 0 saturated carbocycles. The summed E-state index contributed by atoms with van der Waals surface area (Å²) in [5.74, 6) is -0.388. The first-order chi connectivity index (χ1) is 12.7. The van der Waals surface area contributed by atoms with Crippen LogP contribution in [0.15, 0.2) is 40.4 Å². The van der Waals surface area contributed by atoms with Gasteiger partial charge in [0.25, 0.3) is 5.56 Å². The van der Waals surface area contributed by atoms with Crippen molar-refractivity contribution in [2.45, 2.75) is 50.9 Å². The summed E-state index contributed by atoms with van der Waals surface area (Å²) in [6, 6.07) is 7.26. The number of benzene rings is 1. The van der Waals surface area contributed by atoms with Crippen molar-refractivity contribution in [2.24, 2.45) is 0 Å². The van der Waals surface area contributed by atoms with Crippen molar-refractivity contribution >= 4 is 23.5 Å². The van der Waals surface area contributed by atoms with Crippen LogP contribution in [0.5, 0.6) is 0 Å². The van der Waals surface area contributed by atoms with E-state index >= 15 is 0 Å². The molecule has 1 unspecified atom stereocenters. The van der Waals surface area contributed by atoms with Gasteiger partial charge in [-0.15, -0.1) is 0 Å². The monoisotopic (exact) mass is 386 g/mol. The molecule has 1 atom stereocenters. The fourth-order valence-corrected chi connectivity index (χ4v) is 3.72. The van der Waals surface area contributed by atoms with Crippen LogP contribution in [0.3, 0.4) is 0 Å². The number of hydrogen-bond acceptors (Lipinski definition) is 6. The molecular formula is C20H22N2O4S. The Morgan fingerprint density at radius 3 is 2.52 bits per heavy atom. The zero-order valence-corrected chi connectivity index (χ0v) is 16.6. The van der Waals surface area contributed by atoms with E-state index in [0.717, 1.165) is 11.3 Å². The SMILES string of the molecule is CC(OC(=O)c1cnc2n(c1=O)CCS2)C(=O)c1ccc(C(C)(C)C)cc1. The third-order valence-corrected chi connectivity index (χ3v) is 5.44. The molecule has 0 N–H and O–H groups in total. The van der Waals surface area contributed by atoms with Gasteiger partial charge in [-0.3, -0.25) is 14.2 Å². The molecule has 0 bridgehead atoms. The molecule has 0 aliphatic carbocycles. The Balaban J connectivity index is 1.73. The average molecular weight is 386 g/mol. The second-order valence-electron chi connectivity index (χ2n) is 7.50. The summed E-state index contributed by atoms with van der Waals surface area (Å²) >= 11 is 1.47. The van der Waals surface area contributed by atoms with E-state index in [1.807, 2.05) is 12.1 Å². The molecule has 6 nitrogen and oxygen atoms in total. The average Bonchev–Trinajstić information content (AvgIpc) is 3.10. The van der Waals surface area contributed by atoms with Crippen molar-refractivity contribution in [1.82, 2.24) is 9.55 Å². The summed E-state index contributed by atoms with van der Waals surface area (Å²) < 4.78 is 6.70. The van der Waals surface area contributed by atoms with Crippen LogP contribution in [-0.2, 0) is 16.7 Å². The molecule has 0 spiro atoms. The van der Waals surface area contributed by atoms with Crippen molar-refractivity contribution in [3.05, 3.63) is 57.5 Å². The molecule has 3 rings (SSSR count). The van der Waals surface area contributed by atoms with Crippen LogP contribution < -0.4 is 5.56 Å². The number of aromatic nitrogens is 2. The van der Waals surface area contributed by atoms with Crippen LogP contribution in [-0.4, -0.2) is 33.2 Å². The number of carbonyl (C=O) groups excluding carboxylic acids is 2. The Morgan fingerprint density at radius 2 is 1.89 bits per heavy atom. The highest BCUT2D eigenvalue weighted by molar-refractivity contribution is 7.99. The van der Waals surface area contributed by atoms with Crippen molar-refractivity contribution in [1.29, 1.82) is 0 Å². The van der Waals surface area contributed by atoms with Crippen molar-refractivity contribution in [2.75, 3.05) is 5.75 Å². The minimum Gasteiger partial charge on any atom is -0.450 e. The largest absolute Gasteiger partial charge is 0.450 e. The minimum atomic E-state index is -0.995. The number of carbonyl (C=O) groups is 2. The maximum absolute atomic E-state index is 12.6. The molecule has 0 amide bonds. The number of ether oxygens (including phenoxy) is 1. The maximum Gasteiger partial charge on any atom is 0.346 e. The summed E-state index contributed by atoms with van der Waals surface area (Å²) in [4.78, 5) is 41.4. The molecule has 2 heterocycles. The summed E-state index contributed by atoms with van der Waals surface area (Å²) in [6.45, 7) is 8.30. The Kier molecular flexibility index (Phi) is 5.24. The Labute approximate surface area is 162 Å². The van der Waals surface area contributed by atoms with E-state index in [0.29, 0.717) is 17.3 Å². The number of fused-ring (bicyclic) bond motifs is 1. The standard InChI is InChI=1S/C20H22N2O4S/c1-12(16(23)13-5-7-14(8-6-13)20(2,3)4)26-18(25)15-11-21-19-22(17(15)24)9-10-27-19/h5-8,11-12H,9-10H2,1-4H3. The molecule has 1 aliphatic rings. The predicted octanol–water partition coefficient (Wildman–Crippen LogP) is 3.07. The molecule has 0 saturated heterocycles. The number of esters is 1. The zero-order chi connectivity index (χ0) is 19.8. The molecule has 27 heavy (non-hydrogen) atoms. The first-order valence-corrected chi connectivity index (χ1v) is 9.75. The van der Waals surface area contributed by atoms with Gasteiger partial charge in [0.1, 0.15) is 5.56 Å². The van der Waals surface area contributed by atoms with Gasteiger partial charge in [0, 0.05) is 17.9 Å². The lowest BCUT2D eigenvalue weighted by Gasteiger charge is -2.19. The van der Waals surface area contributed by atoms with E-state index in [-0.39, 0.29) is 16.8 Å². The minimum absolute atomic E-state index is 0.0132. The van der Waals surface area contributed by atoms with E-state index < -0.39 is 17.6 Å². The highest BCUT2D eigenvalue weighted by Gasteiger charge is 2.25. The second kappa shape index (κ2) is 7.31. The van der Waals surface area contributed by atoms with Crippen LogP contribution in [0.25, 0.3) is 0 Å². The highest BCUT2D eigenvalue weighted by atomic mass is 32.2. The molecule has 1 aliphatic heterocycles. The maximum atomic E-state index is 12.6. The van der Waals surface area contributed by atoms with Crippen LogP contribution >= 0.6 is 11.8 Å².